The predicted molar refractivity (Wildman–Crippen MR) is 396 cm³/mol. The number of methoxy groups -OCH3 is 1. The van der Waals surface area contributed by atoms with E-state index in [9.17, 15) is 37.1 Å². The van der Waals surface area contributed by atoms with Gasteiger partial charge < -0.3 is 69.5 Å². The standard InChI is InChI=1S/C77H124ClF3N12O14/c1-16-48(6)64-72(103)86(10)43-63(96)87(11)56-25-21-20-22-36-92(71(56)102)59(38-50-28-26-47(5)27-29-50)69(100)85(9)42-61(94)82-55(33-31-49-30-32-53(54(78)37-49)77(79,80)81)68(99)93-41-52(107-19-4)39-57(93)67(98)84-76(45-75(7,8)46-76)74(105)90(14)65(51(17-2)18-3)73(104)89(13)58(70(101)91-34-23-24-35-91)40-62(95)88(12)60(44-106-15)66(97)83-64/h20-21,47-60,64-65H,16-19,22-46H2,1-15H3,(H,82,94)(H,83,97)(H,84,98)/b21-20-/t47?,48-,49?,50?,52+,53?,54?,55-,56-,57-,58-,59-,60-,64-,65-/m0/s1. The second kappa shape index (κ2) is 38.3. The number of carbonyl (C=O) groups excluding carboxylic acids is 12. The number of fused-ring (bicyclic) bond motifs is 3. The first-order valence-corrected chi connectivity index (χ1v) is 39.6. The van der Waals surface area contributed by atoms with E-state index in [0.717, 1.165) is 35.5 Å². The number of nitrogens with one attached hydrogen (secondary N) is 3. The highest BCUT2D eigenvalue weighted by atomic mass is 35.5. The van der Waals surface area contributed by atoms with E-state index in [0.29, 0.717) is 57.5 Å². The number of hydrogen-bond donors (Lipinski definition) is 3. The van der Waals surface area contributed by atoms with Crippen LogP contribution in [0.3, 0.4) is 0 Å². The lowest BCUT2D eigenvalue weighted by molar-refractivity contribution is -0.182. The van der Waals surface area contributed by atoms with E-state index in [1.165, 1.54) is 78.8 Å². The van der Waals surface area contributed by atoms with Crippen molar-refractivity contribution in [3.05, 3.63) is 12.2 Å². The second-order valence-electron chi connectivity index (χ2n) is 32.7. The Labute approximate surface area is 636 Å². The van der Waals surface area contributed by atoms with Gasteiger partial charge in [-0.1, -0.05) is 106 Å². The average molecular weight is 1530 g/mol. The van der Waals surface area contributed by atoms with E-state index in [4.69, 9.17) is 21.1 Å². The minimum Gasteiger partial charge on any atom is -0.382 e. The van der Waals surface area contributed by atoms with E-state index in [1.807, 2.05) is 40.7 Å². The number of hydrogen-bond acceptors (Lipinski definition) is 14. The van der Waals surface area contributed by atoms with Gasteiger partial charge in [0, 0.05) is 94.0 Å². The zero-order valence-corrected chi connectivity index (χ0v) is 66.9. The Balaban J connectivity index is 1.33. The van der Waals surface area contributed by atoms with Crippen molar-refractivity contribution in [3.8, 4) is 0 Å². The summed E-state index contributed by atoms with van der Waals surface area (Å²) in [5.74, 6) is -10.9. The summed E-state index contributed by atoms with van der Waals surface area (Å²) in [6, 6.07) is -10.5. The van der Waals surface area contributed by atoms with Crippen molar-refractivity contribution in [2.45, 2.75) is 262 Å². The number of likely N-dealkylation sites (N-methyl/N-ethyl adjacent to an activating group) is 6. The predicted octanol–water partition coefficient (Wildman–Crippen LogP) is 6.15. The van der Waals surface area contributed by atoms with Crippen LogP contribution in [-0.2, 0) is 67.0 Å². The van der Waals surface area contributed by atoms with Gasteiger partial charge in [-0.2, -0.15) is 13.2 Å². The third-order valence-corrected chi connectivity index (χ3v) is 24.9. The summed E-state index contributed by atoms with van der Waals surface area (Å²) in [5, 5.41) is 7.54. The molecule has 0 aromatic heterocycles. The number of alkyl halides is 4. The van der Waals surface area contributed by atoms with Crippen molar-refractivity contribution in [2.24, 2.45) is 40.9 Å². The van der Waals surface area contributed by atoms with Gasteiger partial charge in [-0.25, -0.2) is 0 Å². The van der Waals surface area contributed by atoms with Gasteiger partial charge in [0.25, 0.3) is 0 Å². The van der Waals surface area contributed by atoms with E-state index in [2.05, 4.69) is 22.9 Å². The van der Waals surface area contributed by atoms with Crippen molar-refractivity contribution < 1.29 is 80.2 Å². The molecule has 3 aliphatic carbocycles. The molecule has 3 saturated heterocycles. The molecule has 6 fully saturated rings. The summed E-state index contributed by atoms with van der Waals surface area (Å²) in [4.78, 5) is 194. The Morgan fingerprint density at radius 2 is 1.31 bits per heavy atom. The van der Waals surface area contributed by atoms with Crippen LogP contribution in [0.15, 0.2) is 12.2 Å². The van der Waals surface area contributed by atoms with Gasteiger partial charge in [0.15, 0.2) is 0 Å². The van der Waals surface area contributed by atoms with Gasteiger partial charge in [0.1, 0.15) is 53.9 Å². The first-order valence-electron chi connectivity index (χ1n) is 39.2. The SMILES string of the molecule is CCO[C@@H]1C[C@H]2C(=O)NC3(CC(C)(C)C3)C(=O)N(C)[C@@H](C(CC)CC)C(=O)N(C)[C@H](C(=O)N3CCCC3)CC(=O)N(C)[C@@H](COC)C(=O)N[C@@H]([C@@H](C)CC)C(=O)N(C)CC(=O)N(C)[C@H]3C/C=C\CCN(C3=O)[C@@H](CC3CCC(C)CC3)C(=O)N(C)CC(=O)N[C@@H](CCC3CCC(C(F)(F)F)C(Cl)C3)C(=O)N2C1. The third kappa shape index (κ3) is 21.5. The van der Waals surface area contributed by atoms with Crippen LogP contribution in [0.25, 0.3) is 0 Å². The number of carbonyl (C=O) groups is 12. The summed E-state index contributed by atoms with van der Waals surface area (Å²) in [7, 11) is 9.81. The molecular formula is C77H124ClF3N12O14. The van der Waals surface area contributed by atoms with Gasteiger partial charge in [-0.15, -0.1) is 11.6 Å². The van der Waals surface area contributed by atoms with E-state index >= 15 is 33.6 Å². The Morgan fingerprint density at radius 3 is 1.90 bits per heavy atom. The molecule has 4 heterocycles. The third-order valence-electron chi connectivity index (χ3n) is 24.4. The smallest absolute Gasteiger partial charge is 0.382 e. The van der Waals surface area contributed by atoms with Crippen LogP contribution in [0.4, 0.5) is 13.2 Å². The maximum Gasteiger partial charge on any atom is 0.393 e. The second-order valence-corrected chi connectivity index (χ2v) is 33.3. The molecule has 604 valence electrons. The molecule has 30 heteroatoms. The van der Waals surface area contributed by atoms with Crippen LogP contribution in [-0.4, -0.2) is 288 Å². The maximum absolute atomic E-state index is 15.9. The molecule has 13 atom stereocenters. The molecule has 3 saturated carbocycles. The molecule has 0 radical (unpaired) electrons. The largest absolute Gasteiger partial charge is 0.393 e. The first kappa shape index (κ1) is 87.6. The Morgan fingerprint density at radius 1 is 0.673 bits per heavy atom. The van der Waals surface area contributed by atoms with Crippen LogP contribution in [0.2, 0.25) is 0 Å². The van der Waals surface area contributed by atoms with Gasteiger partial charge >= 0.3 is 6.18 Å². The number of likely N-dealkylation sites (tertiary alicyclic amines) is 1. The number of ether oxygens (including phenoxy) is 2. The molecule has 1 spiro atoms. The zero-order chi connectivity index (χ0) is 79.3. The van der Waals surface area contributed by atoms with Crippen molar-refractivity contribution in [3.63, 3.8) is 0 Å². The van der Waals surface area contributed by atoms with Crippen LogP contribution in [0, 0.1) is 40.9 Å². The molecule has 7 aliphatic rings. The quantitative estimate of drug-likeness (QED) is 0.123. The molecule has 3 unspecified atom stereocenters. The summed E-state index contributed by atoms with van der Waals surface area (Å²) in [6.07, 6.45) is 4.06. The van der Waals surface area contributed by atoms with Crippen molar-refractivity contribution in [2.75, 3.05) is 102 Å². The van der Waals surface area contributed by atoms with Crippen LogP contribution in [0.5, 0.6) is 0 Å². The topological polar surface area (TPSA) is 289 Å². The molecule has 12 amide bonds. The fraction of sp³-hybridized carbons (Fsp3) is 0.818. The summed E-state index contributed by atoms with van der Waals surface area (Å²) in [5.41, 5.74) is -2.21. The maximum atomic E-state index is 15.9. The Bertz CT molecular complexity index is 3170. The van der Waals surface area contributed by atoms with Gasteiger partial charge in [-0.05, 0) is 119 Å². The Kier molecular flexibility index (Phi) is 31.4. The highest BCUT2D eigenvalue weighted by Gasteiger charge is 2.59. The monoisotopic (exact) mass is 1530 g/mol. The molecule has 107 heavy (non-hydrogen) atoms. The molecular weight excluding hydrogens is 1410 g/mol. The van der Waals surface area contributed by atoms with Gasteiger partial charge in [0.05, 0.1) is 38.1 Å². The molecule has 0 aromatic rings. The molecule has 0 aromatic carbocycles. The summed E-state index contributed by atoms with van der Waals surface area (Å²) in [6.45, 7) is 14.2. The summed E-state index contributed by atoms with van der Waals surface area (Å²) < 4.78 is 54.2. The molecule has 7 rings (SSSR count). The summed E-state index contributed by atoms with van der Waals surface area (Å²) >= 11 is 6.47. The fourth-order valence-corrected chi connectivity index (χ4v) is 18.2. The van der Waals surface area contributed by atoms with Crippen molar-refractivity contribution in [1.82, 2.24) is 60.0 Å². The van der Waals surface area contributed by atoms with Crippen LogP contribution in [0.1, 0.15) is 190 Å². The average Bonchev–Trinajstić information content (AvgIpc) is 1.23. The zero-order valence-electron chi connectivity index (χ0n) is 66.2. The molecule has 4 aliphatic heterocycles. The van der Waals surface area contributed by atoms with Gasteiger partial charge in [-0.3, -0.25) is 57.5 Å². The highest BCUT2D eigenvalue weighted by Crippen LogP contribution is 2.50. The van der Waals surface area contributed by atoms with E-state index in [1.54, 1.807) is 24.8 Å². The van der Waals surface area contributed by atoms with E-state index < -0.39 is 191 Å². The minimum atomic E-state index is -4.53. The number of rotatable bonds is 15. The lowest BCUT2D eigenvalue weighted by Crippen LogP contribution is -2.71. The van der Waals surface area contributed by atoms with Gasteiger partial charge in [0.2, 0.25) is 70.9 Å². The molecule has 2 bridgehead atoms. The lowest BCUT2D eigenvalue weighted by atomic mass is 9.58. The van der Waals surface area contributed by atoms with Crippen LogP contribution >= 0.6 is 11.6 Å². The highest BCUT2D eigenvalue weighted by molar-refractivity contribution is 6.21. The van der Waals surface area contributed by atoms with E-state index in [-0.39, 0.29) is 96.4 Å². The number of amides is 12. The van der Waals surface area contributed by atoms with Crippen molar-refractivity contribution in [1.29, 1.82) is 0 Å². The molecule has 26 nitrogen and oxygen atoms in total. The first-order chi connectivity index (χ1) is 50.4. The number of nitrogens with zero attached hydrogens (tertiary/aromatic N) is 9. The van der Waals surface area contributed by atoms with Crippen LogP contribution < -0.4 is 16.0 Å². The normalized spacial score (nSPS) is 31.7. The Hall–Kier alpha value is -6.62. The number of halogens is 4. The minimum absolute atomic E-state index is 0.0130. The lowest BCUT2D eigenvalue weighted by Gasteiger charge is -2.54. The molecule has 3 N–H and O–H groups in total. The fourth-order valence-electron chi connectivity index (χ4n) is 17.7. The van der Waals surface area contributed by atoms with Crippen molar-refractivity contribution >= 4 is 82.5 Å².